The zero-order valence-corrected chi connectivity index (χ0v) is 18.2. The standard InChI is InChI=1S/C25H29N3O3/c1-3-28-24(30)21-10-6-5-9-20(21)22(27-28)17-23(29)26-25(15-7-4-8-16-25)18-11-13-19(31-2)14-12-18/h5-6,9-14H,3-4,7-8,15-17H2,1-2H3,(H,26,29). The Kier molecular flexibility index (Phi) is 6.07. The highest BCUT2D eigenvalue weighted by Gasteiger charge is 2.35. The second kappa shape index (κ2) is 8.92. The minimum atomic E-state index is -0.378. The molecule has 1 N–H and O–H groups in total. The molecule has 0 bridgehead atoms. The number of hydrogen-bond acceptors (Lipinski definition) is 4. The lowest BCUT2D eigenvalue weighted by molar-refractivity contribution is -0.123. The van der Waals surface area contributed by atoms with Crippen molar-refractivity contribution in [2.75, 3.05) is 7.11 Å². The first-order valence-electron chi connectivity index (χ1n) is 11.0. The first-order valence-corrected chi connectivity index (χ1v) is 11.0. The summed E-state index contributed by atoms with van der Waals surface area (Å²) in [5.41, 5.74) is 1.24. The molecular weight excluding hydrogens is 390 g/mol. The van der Waals surface area contributed by atoms with E-state index in [4.69, 9.17) is 4.74 Å². The summed E-state index contributed by atoms with van der Waals surface area (Å²) >= 11 is 0. The molecule has 0 radical (unpaired) electrons. The van der Waals surface area contributed by atoms with Gasteiger partial charge in [0, 0.05) is 11.9 Å². The van der Waals surface area contributed by atoms with Crippen LogP contribution >= 0.6 is 0 Å². The maximum atomic E-state index is 13.2. The van der Waals surface area contributed by atoms with Crippen LogP contribution < -0.4 is 15.6 Å². The fourth-order valence-electron chi connectivity index (χ4n) is 4.66. The van der Waals surface area contributed by atoms with Crippen LogP contribution in [0.4, 0.5) is 0 Å². The summed E-state index contributed by atoms with van der Waals surface area (Å²) in [6, 6.07) is 15.4. The van der Waals surface area contributed by atoms with E-state index in [2.05, 4.69) is 22.5 Å². The second-order valence-electron chi connectivity index (χ2n) is 8.21. The SMILES string of the molecule is CCn1nc(CC(=O)NC2(c3ccc(OC)cc3)CCCCC2)c2ccccc2c1=O. The average Bonchev–Trinajstić information content (AvgIpc) is 2.81. The minimum Gasteiger partial charge on any atom is -0.497 e. The molecule has 2 aromatic carbocycles. The second-order valence-corrected chi connectivity index (χ2v) is 8.21. The van der Waals surface area contributed by atoms with Crippen molar-refractivity contribution in [2.24, 2.45) is 0 Å². The van der Waals surface area contributed by atoms with Crippen molar-refractivity contribution >= 4 is 16.7 Å². The number of nitrogens with zero attached hydrogens (tertiary/aromatic N) is 2. The predicted octanol–water partition coefficient (Wildman–Crippen LogP) is 3.94. The van der Waals surface area contributed by atoms with Gasteiger partial charge in [0.15, 0.2) is 0 Å². The highest BCUT2D eigenvalue weighted by Crippen LogP contribution is 2.38. The van der Waals surface area contributed by atoms with E-state index in [0.717, 1.165) is 42.4 Å². The van der Waals surface area contributed by atoms with Gasteiger partial charge in [-0.1, -0.05) is 49.6 Å². The molecular formula is C25H29N3O3. The summed E-state index contributed by atoms with van der Waals surface area (Å²) < 4.78 is 6.73. The lowest BCUT2D eigenvalue weighted by Gasteiger charge is -2.39. The number of carbonyl (C=O) groups excluding carboxylic acids is 1. The molecule has 3 aromatic rings. The number of ether oxygens (including phenoxy) is 1. The Labute approximate surface area is 182 Å². The first-order chi connectivity index (χ1) is 15.1. The molecule has 4 rings (SSSR count). The minimum absolute atomic E-state index is 0.0725. The van der Waals surface area contributed by atoms with E-state index in [1.54, 1.807) is 13.2 Å². The fourth-order valence-corrected chi connectivity index (χ4v) is 4.66. The van der Waals surface area contributed by atoms with Crippen LogP contribution in [-0.4, -0.2) is 22.8 Å². The van der Waals surface area contributed by atoms with Gasteiger partial charge in [-0.3, -0.25) is 9.59 Å². The average molecular weight is 420 g/mol. The Morgan fingerprint density at radius 3 is 2.39 bits per heavy atom. The molecule has 1 aliphatic rings. The Balaban J connectivity index is 1.64. The number of hydrogen-bond donors (Lipinski definition) is 1. The molecule has 162 valence electrons. The molecule has 0 aliphatic heterocycles. The summed E-state index contributed by atoms with van der Waals surface area (Å²) in [5.74, 6) is 0.732. The Morgan fingerprint density at radius 2 is 1.74 bits per heavy atom. The fraction of sp³-hybridized carbons (Fsp3) is 0.400. The summed E-state index contributed by atoms with van der Waals surface area (Å²) in [4.78, 5) is 25.8. The summed E-state index contributed by atoms with van der Waals surface area (Å²) in [5, 5.41) is 9.19. The van der Waals surface area contributed by atoms with Crippen molar-refractivity contribution in [2.45, 2.75) is 57.5 Å². The van der Waals surface area contributed by atoms with Gasteiger partial charge < -0.3 is 10.1 Å². The molecule has 0 unspecified atom stereocenters. The Bertz CT molecular complexity index is 1130. The monoisotopic (exact) mass is 419 g/mol. The van der Waals surface area contributed by atoms with Crippen LogP contribution in [-0.2, 0) is 23.3 Å². The summed E-state index contributed by atoms with van der Waals surface area (Å²) in [7, 11) is 1.65. The predicted molar refractivity (Wildman–Crippen MR) is 121 cm³/mol. The molecule has 1 saturated carbocycles. The number of fused-ring (bicyclic) bond motifs is 1. The third kappa shape index (κ3) is 4.20. The van der Waals surface area contributed by atoms with Gasteiger partial charge >= 0.3 is 0 Å². The third-order valence-electron chi connectivity index (χ3n) is 6.30. The van der Waals surface area contributed by atoms with E-state index in [1.807, 2.05) is 37.3 Å². The van der Waals surface area contributed by atoms with Gasteiger partial charge in [-0.25, -0.2) is 4.68 Å². The zero-order chi connectivity index (χ0) is 21.8. The zero-order valence-electron chi connectivity index (χ0n) is 18.2. The normalized spacial score (nSPS) is 15.5. The molecule has 1 aliphatic carbocycles. The Hall–Kier alpha value is -3.15. The highest BCUT2D eigenvalue weighted by molar-refractivity contribution is 5.88. The Morgan fingerprint density at radius 1 is 1.06 bits per heavy atom. The number of benzene rings is 2. The van der Waals surface area contributed by atoms with Crippen LogP contribution in [0.2, 0.25) is 0 Å². The molecule has 1 aromatic heterocycles. The number of nitrogens with one attached hydrogen (secondary N) is 1. The lowest BCUT2D eigenvalue weighted by atomic mass is 9.76. The number of aryl methyl sites for hydroxylation is 1. The quantitative estimate of drug-likeness (QED) is 0.657. The van der Waals surface area contributed by atoms with Crippen LogP contribution in [0.25, 0.3) is 10.8 Å². The number of amides is 1. The summed E-state index contributed by atoms with van der Waals surface area (Å²) in [6.07, 6.45) is 5.30. The van der Waals surface area contributed by atoms with Crippen LogP contribution in [0.1, 0.15) is 50.3 Å². The van der Waals surface area contributed by atoms with Crippen molar-refractivity contribution in [1.82, 2.24) is 15.1 Å². The van der Waals surface area contributed by atoms with Gasteiger partial charge in [0.1, 0.15) is 5.75 Å². The smallest absolute Gasteiger partial charge is 0.274 e. The third-order valence-corrected chi connectivity index (χ3v) is 6.30. The van der Waals surface area contributed by atoms with Gasteiger partial charge in [0.05, 0.1) is 30.1 Å². The molecule has 1 fully saturated rings. The van der Waals surface area contributed by atoms with Crippen molar-refractivity contribution in [3.05, 3.63) is 70.1 Å². The van der Waals surface area contributed by atoms with Gasteiger partial charge in [0.25, 0.3) is 5.56 Å². The number of carbonyl (C=O) groups is 1. The van der Waals surface area contributed by atoms with Crippen LogP contribution in [0.5, 0.6) is 5.75 Å². The molecule has 0 atom stereocenters. The van der Waals surface area contributed by atoms with E-state index in [-0.39, 0.29) is 23.4 Å². The van der Waals surface area contributed by atoms with E-state index in [0.29, 0.717) is 17.6 Å². The molecule has 1 amide bonds. The lowest BCUT2D eigenvalue weighted by Crippen LogP contribution is -2.48. The van der Waals surface area contributed by atoms with Crippen LogP contribution in [0.3, 0.4) is 0 Å². The number of rotatable bonds is 6. The van der Waals surface area contributed by atoms with Crippen molar-refractivity contribution in [3.8, 4) is 5.75 Å². The van der Waals surface area contributed by atoms with Gasteiger partial charge in [-0.15, -0.1) is 0 Å². The topological polar surface area (TPSA) is 73.2 Å². The van der Waals surface area contributed by atoms with Crippen molar-refractivity contribution in [1.29, 1.82) is 0 Å². The van der Waals surface area contributed by atoms with Crippen LogP contribution in [0.15, 0.2) is 53.3 Å². The van der Waals surface area contributed by atoms with E-state index in [1.165, 1.54) is 11.1 Å². The van der Waals surface area contributed by atoms with E-state index < -0.39 is 0 Å². The largest absolute Gasteiger partial charge is 0.497 e. The first kappa shape index (κ1) is 21.1. The van der Waals surface area contributed by atoms with Crippen molar-refractivity contribution < 1.29 is 9.53 Å². The maximum absolute atomic E-state index is 13.2. The van der Waals surface area contributed by atoms with Crippen LogP contribution in [0, 0.1) is 0 Å². The molecule has 6 nitrogen and oxygen atoms in total. The number of methoxy groups -OCH3 is 1. The molecule has 0 saturated heterocycles. The van der Waals surface area contributed by atoms with Gasteiger partial charge in [-0.05, 0) is 43.5 Å². The van der Waals surface area contributed by atoms with E-state index >= 15 is 0 Å². The number of aromatic nitrogens is 2. The molecule has 0 spiro atoms. The van der Waals surface area contributed by atoms with Gasteiger partial charge in [-0.2, -0.15) is 5.10 Å². The maximum Gasteiger partial charge on any atom is 0.274 e. The van der Waals surface area contributed by atoms with Crippen molar-refractivity contribution in [3.63, 3.8) is 0 Å². The molecule has 1 heterocycles. The highest BCUT2D eigenvalue weighted by atomic mass is 16.5. The molecule has 31 heavy (non-hydrogen) atoms. The van der Waals surface area contributed by atoms with E-state index in [9.17, 15) is 9.59 Å². The summed E-state index contributed by atoms with van der Waals surface area (Å²) in [6.45, 7) is 2.35. The molecule has 6 heteroatoms. The van der Waals surface area contributed by atoms with Gasteiger partial charge in [0.2, 0.25) is 5.91 Å².